The molecule has 1 saturated heterocycles. The molecule has 0 radical (unpaired) electrons. The average Bonchev–Trinajstić information content (AvgIpc) is 2.57. The van der Waals surface area contributed by atoms with Crippen LogP contribution in [0.1, 0.15) is 20.3 Å². The van der Waals surface area contributed by atoms with Crippen LogP contribution < -0.4 is 5.32 Å². The molecule has 140 valence electrons. The summed E-state index contributed by atoms with van der Waals surface area (Å²) in [7, 11) is -4.10. The van der Waals surface area contributed by atoms with Crippen molar-refractivity contribution in [3.63, 3.8) is 0 Å². The van der Waals surface area contributed by atoms with Gasteiger partial charge in [-0.05, 0) is 31.5 Å². The Morgan fingerprint density at radius 2 is 1.88 bits per heavy atom. The summed E-state index contributed by atoms with van der Waals surface area (Å²) < 4.78 is 53.2. The van der Waals surface area contributed by atoms with Gasteiger partial charge in [0.15, 0.2) is 0 Å². The Balaban J connectivity index is 1.97. The Bertz CT molecular complexity index is 719. The van der Waals surface area contributed by atoms with Gasteiger partial charge in [-0.15, -0.1) is 0 Å². The molecule has 0 bridgehead atoms. The van der Waals surface area contributed by atoms with E-state index in [0.717, 1.165) is 22.9 Å². The molecule has 0 spiro atoms. The molecule has 0 saturated carbocycles. The average molecular weight is 375 g/mol. The van der Waals surface area contributed by atoms with E-state index in [2.05, 4.69) is 5.32 Å². The van der Waals surface area contributed by atoms with E-state index in [1.54, 1.807) is 0 Å². The summed E-state index contributed by atoms with van der Waals surface area (Å²) in [4.78, 5) is 13.1. The van der Waals surface area contributed by atoms with Crippen molar-refractivity contribution in [2.75, 3.05) is 32.7 Å². The summed E-state index contributed by atoms with van der Waals surface area (Å²) in [5.41, 5.74) is 0. The number of halogens is 2. The first-order chi connectivity index (χ1) is 11.7. The molecule has 1 aromatic rings. The third kappa shape index (κ3) is 4.96. The van der Waals surface area contributed by atoms with Crippen molar-refractivity contribution in [3.05, 3.63) is 29.8 Å². The van der Waals surface area contributed by atoms with Crippen LogP contribution in [0.2, 0.25) is 0 Å². The first kappa shape index (κ1) is 19.7. The molecule has 1 heterocycles. The minimum absolute atomic E-state index is 0.0881. The zero-order chi connectivity index (χ0) is 18.6. The van der Waals surface area contributed by atoms with E-state index >= 15 is 0 Å². The van der Waals surface area contributed by atoms with Crippen LogP contribution in [0.25, 0.3) is 0 Å². The molecule has 1 aliphatic rings. The van der Waals surface area contributed by atoms with Gasteiger partial charge < -0.3 is 5.32 Å². The van der Waals surface area contributed by atoms with Crippen LogP contribution in [-0.2, 0) is 14.8 Å². The number of hydrogen-bond acceptors (Lipinski definition) is 4. The van der Waals surface area contributed by atoms with Crippen molar-refractivity contribution in [2.45, 2.75) is 31.2 Å². The first-order valence-corrected chi connectivity index (χ1v) is 9.65. The number of amides is 1. The lowest BCUT2D eigenvalue weighted by molar-refractivity contribution is -0.123. The lowest BCUT2D eigenvalue weighted by Gasteiger charge is -2.33. The van der Waals surface area contributed by atoms with Gasteiger partial charge in [0.2, 0.25) is 15.9 Å². The maximum Gasteiger partial charge on any atom is 0.246 e. The molecule has 9 heteroatoms. The summed E-state index contributed by atoms with van der Waals surface area (Å²) in [6.07, 6.45) is 0.830. The lowest BCUT2D eigenvalue weighted by Crippen LogP contribution is -2.51. The van der Waals surface area contributed by atoms with Gasteiger partial charge in [-0.25, -0.2) is 17.2 Å². The summed E-state index contributed by atoms with van der Waals surface area (Å²) in [6.45, 7) is 5.01. The van der Waals surface area contributed by atoms with Gasteiger partial charge in [0.1, 0.15) is 16.5 Å². The zero-order valence-electron chi connectivity index (χ0n) is 14.3. The highest BCUT2D eigenvalue weighted by Gasteiger charge is 2.31. The molecule has 1 fully saturated rings. The highest BCUT2D eigenvalue weighted by molar-refractivity contribution is 7.89. The predicted octanol–water partition coefficient (Wildman–Crippen LogP) is 1.19. The van der Waals surface area contributed by atoms with Crippen LogP contribution >= 0.6 is 0 Å². The minimum atomic E-state index is -4.10. The van der Waals surface area contributed by atoms with Crippen molar-refractivity contribution in [1.82, 2.24) is 14.5 Å². The fourth-order valence-corrected chi connectivity index (χ4v) is 4.07. The van der Waals surface area contributed by atoms with Gasteiger partial charge >= 0.3 is 0 Å². The summed E-state index contributed by atoms with van der Waals surface area (Å²) in [5.74, 6) is -1.89. The molecule has 0 aromatic heterocycles. The van der Waals surface area contributed by atoms with Gasteiger partial charge in [-0.2, -0.15) is 4.31 Å². The second kappa shape index (κ2) is 8.20. The Kier molecular flexibility index (Phi) is 6.47. The SMILES string of the molecule is CC[C@@H](C)NC(=O)CN1CCN(S(=O)(=O)c2cc(F)ccc2F)CC1. The van der Waals surface area contributed by atoms with E-state index < -0.39 is 26.6 Å². The smallest absolute Gasteiger partial charge is 0.246 e. The fraction of sp³-hybridized carbons (Fsp3) is 0.562. The van der Waals surface area contributed by atoms with Gasteiger partial charge in [0, 0.05) is 32.2 Å². The van der Waals surface area contributed by atoms with E-state index in [4.69, 9.17) is 0 Å². The summed E-state index contributed by atoms with van der Waals surface area (Å²) in [6, 6.07) is 2.46. The van der Waals surface area contributed by atoms with Crippen molar-refractivity contribution < 1.29 is 22.0 Å². The summed E-state index contributed by atoms with van der Waals surface area (Å²) in [5, 5.41) is 2.85. The molecular formula is C16H23F2N3O3S. The number of sulfonamides is 1. The molecule has 1 aliphatic heterocycles. The molecule has 1 amide bonds. The van der Waals surface area contributed by atoms with E-state index in [0.29, 0.717) is 19.2 Å². The quantitative estimate of drug-likeness (QED) is 0.811. The Morgan fingerprint density at radius 1 is 1.24 bits per heavy atom. The number of benzene rings is 1. The Hall–Kier alpha value is -1.58. The second-order valence-electron chi connectivity index (χ2n) is 6.13. The number of carbonyl (C=O) groups is 1. The van der Waals surface area contributed by atoms with Crippen LogP contribution in [0.3, 0.4) is 0 Å². The van der Waals surface area contributed by atoms with E-state index in [-0.39, 0.29) is 31.6 Å². The molecule has 2 rings (SSSR count). The van der Waals surface area contributed by atoms with E-state index in [1.807, 2.05) is 18.7 Å². The van der Waals surface area contributed by atoms with Crippen molar-refractivity contribution >= 4 is 15.9 Å². The van der Waals surface area contributed by atoms with Crippen LogP contribution in [0, 0.1) is 11.6 Å². The fourth-order valence-electron chi connectivity index (χ4n) is 2.57. The highest BCUT2D eigenvalue weighted by Crippen LogP contribution is 2.21. The maximum absolute atomic E-state index is 13.8. The second-order valence-corrected chi connectivity index (χ2v) is 8.04. The van der Waals surface area contributed by atoms with E-state index in [1.165, 1.54) is 0 Å². The first-order valence-electron chi connectivity index (χ1n) is 8.21. The molecule has 0 unspecified atom stereocenters. The third-order valence-corrected chi connectivity index (χ3v) is 6.14. The largest absolute Gasteiger partial charge is 0.353 e. The zero-order valence-corrected chi connectivity index (χ0v) is 15.2. The molecular weight excluding hydrogens is 352 g/mol. The van der Waals surface area contributed by atoms with Gasteiger partial charge in [0.05, 0.1) is 6.54 Å². The molecule has 25 heavy (non-hydrogen) atoms. The number of piperazine rings is 1. The minimum Gasteiger partial charge on any atom is -0.353 e. The molecule has 1 aromatic carbocycles. The molecule has 1 atom stereocenters. The summed E-state index contributed by atoms with van der Waals surface area (Å²) >= 11 is 0. The predicted molar refractivity (Wildman–Crippen MR) is 89.5 cm³/mol. The van der Waals surface area contributed by atoms with Crippen LogP contribution in [-0.4, -0.2) is 62.3 Å². The maximum atomic E-state index is 13.8. The van der Waals surface area contributed by atoms with E-state index in [9.17, 15) is 22.0 Å². The number of nitrogens with zero attached hydrogens (tertiary/aromatic N) is 2. The highest BCUT2D eigenvalue weighted by atomic mass is 32.2. The molecule has 1 N–H and O–H groups in total. The standard InChI is InChI=1S/C16H23F2N3O3S/c1-3-12(2)19-16(22)11-20-6-8-21(9-7-20)25(23,24)15-10-13(17)4-5-14(15)18/h4-5,10,12H,3,6-9,11H2,1-2H3,(H,19,22)/t12-/m1/s1. The monoisotopic (exact) mass is 375 g/mol. The van der Waals surface area contributed by atoms with Crippen molar-refractivity contribution in [3.8, 4) is 0 Å². The van der Waals surface area contributed by atoms with Crippen LogP contribution in [0.5, 0.6) is 0 Å². The third-order valence-electron chi connectivity index (χ3n) is 4.23. The number of carbonyl (C=O) groups excluding carboxylic acids is 1. The van der Waals surface area contributed by atoms with Crippen molar-refractivity contribution in [1.29, 1.82) is 0 Å². The van der Waals surface area contributed by atoms with Gasteiger partial charge in [-0.3, -0.25) is 9.69 Å². The normalized spacial score (nSPS) is 18.1. The van der Waals surface area contributed by atoms with Crippen molar-refractivity contribution in [2.24, 2.45) is 0 Å². The molecule has 0 aliphatic carbocycles. The van der Waals surface area contributed by atoms with Crippen LogP contribution in [0.15, 0.2) is 23.1 Å². The lowest BCUT2D eigenvalue weighted by atomic mass is 10.2. The van der Waals surface area contributed by atoms with Gasteiger partial charge in [-0.1, -0.05) is 6.92 Å². The number of nitrogens with one attached hydrogen (secondary N) is 1. The van der Waals surface area contributed by atoms with Gasteiger partial charge in [0.25, 0.3) is 0 Å². The van der Waals surface area contributed by atoms with Crippen LogP contribution in [0.4, 0.5) is 8.78 Å². The Morgan fingerprint density at radius 3 is 2.48 bits per heavy atom. The number of rotatable bonds is 6. The molecule has 6 nitrogen and oxygen atoms in total. The Labute approximate surface area is 146 Å². The topological polar surface area (TPSA) is 69.7 Å². The number of hydrogen-bond donors (Lipinski definition) is 1.